The minimum atomic E-state index is 0.874. The molecule has 0 unspecified atom stereocenters. The fourth-order valence-corrected chi connectivity index (χ4v) is 3.54. The van der Waals surface area contributed by atoms with E-state index >= 15 is 0 Å². The van der Waals surface area contributed by atoms with Crippen LogP contribution in [0.1, 0.15) is 5.56 Å². The van der Waals surface area contributed by atoms with Crippen molar-refractivity contribution in [1.82, 2.24) is 0 Å². The van der Waals surface area contributed by atoms with Gasteiger partial charge in [0.2, 0.25) is 0 Å². The SMILES string of the molecule is C=C/C=C\C(=NC=C)c1ccc2c3ccccc3c3ccccc3c2c1. The zero-order chi connectivity index (χ0) is 17.9. The van der Waals surface area contributed by atoms with Crippen molar-refractivity contribution in [2.45, 2.75) is 0 Å². The molecule has 1 heteroatoms. The second-order valence-corrected chi connectivity index (χ2v) is 6.14. The minimum Gasteiger partial charge on any atom is -0.257 e. The Balaban J connectivity index is 2.11. The summed E-state index contributed by atoms with van der Waals surface area (Å²) in [6.07, 6.45) is 7.18. The molecule has 124 valence electrons. The van der Waals surface area contributed by atoms with Crippen LogP contribution in [0.3, 0.4) is 0 Å². The lowest BCUT2D eigenvalue weighted by Crippen LogP contribution is -1.96. The average Bonchev–Trinajstić information content (AvgIpc) is 2.71. The van der Waals surface area contributed by atoms with Crippen LogP contribution >= 0.6 is 0 Å². The van der Waals surface area contributed by atoms with E-state index in [2.05, 4.69) is 84.9 Å². The second-order valence-electron chi connectivity index (χ2n) is 6.14. The predicted octanol–water partition coefficient (Wildman–Crippen LogP) is 6.82. The highest BCUT2D eigenvalue weighted by molar-refractivity contribution is 6.26. The lowest BCUT2D eigenvalue weighted by atomic mass is 9.92. The van der Waals surface area contributed by atoms with Crippen LogP contribution in [-0.2, 0) is 0 Å². The zero-order valence-electron chi connectivity index (χ0n) is 14.5. The van der Waals surface area contributed by atoms with Gasteiger partial charge in [0.25, 0.3) is 0 Å². The topological polar surface area (TPSA) is 12.4 Å². The number of nitrogens with zero attached hydrogens (tertiary/aromatic N) is 1. The third kappa shape index (κ3) is 2.64. The third-order valence-electron chi connectivity index (χ3n) is 4.66. The Kier molecular flexibility index (Phi) is 4.20. The monoisotopic (exact) mass is 333 g/mol. The Bertz CT molecular complexity index is 1170. The molecular formula is C25H19N. The molecule has 0 aliphatic carbocycles. The Morgan fingerprint density at radius 1 is 0.692 bits per heavy atom. The minimum absolute atomic E-state index is 0.874. The van der Waals surface area contributed by atoms with Crippen LogP contribution in [0.4, 0.5) is 0 Å². The van der Waals surface area contributed by atoms with Gasteiger partial charge in [-0.3, -0.25) is 4.99 Å². The van der Waals surface area contributed by atoms with Gasteiger partial charge in [-0.15, -0.1) is 0 Å². The number of hydrogen-bond donors (Lipinski definition) is 0. The highest BCUT2D eigenvalue weighted by Gasteiger charge is 2.09. The summed E-state index contributed by atoms with van der Waals surface area (Å²) in [5.74, 6) is 0. The van der Waals surface area contributed by atoms with E-state index in [4.69, 9.17) is 0 Å². The van der Waals surface area contributed by atoms with Gasteiger partial charge in [-0.1, -0.05) is 86.0 Å². The zero-order valence-corrected chi connectivity index (χ0v) is 14.5. The van der Waals surface area contributed by atoms with E-state index in [1.54, 1.807) is 12.3 Å². The van der Waals surface area contributed by atoms with E-state index in [1.807, 2.05) is 12.2 Å². The second kappa shape index (κ2) is 6.81. The Hall–Kier alpha value is -3.45. The molecule has 4 rings (SSSR count). The van der Waals surface area contributed by atoms with Gasteiger partial charge in [0, 0.05) is 11.8 Å². The van der Waals surface area contributed by atoms with E-state index in [-0.39, 0.29) is 0 Å². The highest BCUT2D eigenvalue weighted by atomic mass is 14.7. The van der Waals surface area contributed by atoms with Crippen molar-refractivity contribution in [2.24, 2.45) is 4.99 Å². The van der Waals surface area contributed by atoms with E-state index in [0.29, 0.717) is 0 Å². The molecule has 0 N–H and O–H groups in total. The Morgan fingerprint density at radius 2 is 1.23 bits per heavy atom. The molecule has 0 aliphatic heterocycles. The molecule has 1 nitrogen and oxygen atoms in total. The van der Waals surface area contributed by atoms with Crippen LogP contribution in [0, 0.1) is 0 Å². The van der Waals surface area contributed by atoms with E-state index in [0.717, 1.165) is 11.3 Å². The number of fused-ring (bicyclic) bond motifs is 6. The quantitative estimate of drug-likeness (QED) is 0.221. The van der Waals surface area contributed by atoms with Crippen molar-refractivity contribution in [1.29, 1.82) is 0 Å². The van der Waals surface area contributed by atoms with Gasteiger partial charge in [0.15, 0.2) is 0 Å². The first-order valence-electron chi connectivity index (χ1n) is 8.65. The van der Waals surface area contributed by atoms with Gasteiger partial charge in [0.05, 0.1) is 5.71 Å². The van der Waals surface area contributed by atoms with Crippen LogP contribution in [0.15, 0.2) is 109 Å². The summed E-state index contributed by atoms with van der Waals surface area (Å²) in [5, 5.41) is 7.59. The first-order chi connectivity index (χ1) is 12.8. The fourth-order valence-electron chi connectivity index (χ4n) is 3.54. The fraction of sp³-hybridized carbons (Fsp3) is 0. The first kappa shape index (κ1) is 16.0. The van der Waals surface area contributed by atoms with Crippen molar-refractivity contribution in [2.75, 3.05) is 0 Å². The van der Waals surface area contributed by atoms with Crippen molar-refractivity contribution in [3.63, 3.8) is 0 Å². The maximum Gasteiger partial charge on any atom is 0.0701 e. The largest absolute Gasteiger partial charge is 0.257 e. The molecule has 0 atom stereocenters. The average molecular weight is 333 g/mol. The molecule has 0 saturated heterocycles. The number of hydrogen-bond acceptors (Lipinski definition) is 1. The molecule has 0 saturated carbocycles. The molecule has 0 heterocycles. The van der Waals surface area contributed by atoms with Gasteiger partial charge >= 0.3 is 0 Å². The normalized spacial score (nSPS) is 12.2. The van der Waals surface area contributed by atoms with Crippen molar-refractivity contribution in [3.05, 3.63) is 110 Å². The van der Waals surface area contributed by atoms with Crippen molar-refractivity contribution in [3.8, 4) is 0 Å². The predicted molar refractivity (Wildman–Crippen MR) is 115 cm³/mol. The van der Waals surface area contributed by atoms with Crippen molar-refractivity contribution < 1.29 is 0 Å². The lowest BCUT2D eigenvalue weighted by Gasteiger charge is -2.11. The number of allylic oxidation sites excluding steroid dienone is 3. The summed E-state index contributed by atoms with van der Waals surface area (Å²) in [6, 6.07) is 23.7. The van der Waals surface area contributed by atoms with Crippen LogP contribution in [-0.4, -0.2) is 5.71 Å². The molecule has 4 aromatic rings. The van der Waals surface area contributed by atoms with Crippen LogP contribution < -0.4 is 0 Å². The standard InChI is InChI=1S/C25H19N/c1-3-5-14-25(26-4-2)18-15-16-23-21-12-7-6-10-19(21)20-11-8-9-13-22(20)24(23)17-18/h3-17H,1-2H2/b14-5-,26-25?. The summed E-state index contributed by atoms with van der Waals surface area (Å²) in [6.45, 7) is 7.48. The summed E-state index contributed by atoms with van der Waals surface area (Å²) in [4.78, 5) is 4.43. The van der Waals surface area contributed by atoms with Crippen molar-refractivity contribution >= 4 is 38.0 Å². The molecular weight excluding hydrogens is 314 g/mol. The molecule has 4 aromatic carbocycles. The van der Waals surface area contributed by atoms with E-state index in [9.17, 15) is 0 Å². The molecule has 0 aromatic heterocycles. The summed E-state index contributed by atoms with van der Waals surface area (Å²) in [5.41, 5.74) is 1.94. The Morgan fingerprint density at radius 3 is 1.77 bits per heavy atom. The smallest absolute Gasteiger partial charge is 0.0701 e. The molecule has 0 fully saturated rings. The van der Waals surface area contributed by atoms with Gasteiger partial charge in [-0.2, -0.15) is 0 Å². The maximum atomic E-state index is 4.43. The highest BCUT2D eigenvalue weighted by Crippen LogP contribution is 2.35. The van der Waals surface area contributed by atoms with Gasteiger partial charge in [-0.25, -0.2) is 0 Å². The molecule has 0 amide bonds. The van der Waals surface area contributed by atoms with Crippen LogP contribution in [0.5, 0.6) is 0 Å². The molecule has 0 bridgehead atoms. The van der Waals surface area contributed by atoms with E-state index < -0.39 is 0 Å². The van der Waals surface area contributed by atoms with Gasteiger partial charge in [0.1, 0.15) is 0 Å². The molecule has 0 radical (unpaired) electrons. The molecule has 26 heavy (non-hydrogen) atoms. The third-order valence-corrected chi connectivity index (χ3v) is 4.66. The van der Waals surface area contributed by atoms with Crippen LogP contribution in [0.2, 0.25) is 0 Å². The number of aliphatic imine (C=N–C) groups is 1. The van der Waals surface area contributed by atoms with Gasteiger partial charge in [-0.05, 0) is 44.5 Å². The van der Waals surface area contributed by atoms with Crippen LogP contribution in [0.25, 0.3) is 32.3 Å². The summed E-state index contributed by atoms with van der Waals surface area (Å²) >= 11 is 0. The lowest BCUT2D eigenvalue weighted by molar-refractivity contribution is 1.56. The van der Waals surface area contributed by atoms with Gasteiger partial charge < -0.3 is 0 Å². The maximum absolute atomic E-state index is 4.43. The Labute approximate surface area is 153 Å². The molecule has 0 aliphatic rings. The summed E-state index contributed by atoms with van der Waals surface area (Å²) in [7, 11) is 0. The number of rotatable bonds is 4. The number of benzene rings is 4. The summed E-state index contributed by atoms with van der Waals surface area (Å²) < 4.78 is 0. The van der Waals surface area contributed by atoms with E-state index in [1.165, 1.54) is 32.3 Å². The first-order valence-corrected chi connectivity index (χ1v) is 8.65. The molecule has 0 spiro atoms.